The summed E-state index contributed by atoms with van der Waals surface area (Å²) in [5.74, 6) is 0.855. The first-order valence-corrected chi connectivity index (χ1v) is 9.10. The Balaban J connectivity index is 1.67. The lowest BCUT2D eigenvalue weighted by Gasteiger charge is -2.30. The molecule has 0 amide bonds. The minimum absolute atomic E-state index is 0.536. The maximum Gasteiger partial charge on any atom is 0.107 e. The maximum absolute atomic E-state index is 10.2. The van der Waals surface area contributed by atoms with Crippen molar-refractivity contribution in [3.63, 3.8) is 0 Å². The zero-order valence-electron chi connectivity index (χ0n) is 14.1. The topological polar surface area (TPSA) is 27.0 Å². The van der Waals surface area contributed by atoms with Crippen LogP contribution in [0.25, 0.3) is 0 Å². The third kappa shape index (κ3) is 2.54. The number of piperidine rings is 1. The van der Waals surface area contributed by atoms with Crippen molar-refractivity contribution in [1.82, 2.24) is 4.90 Å². The van der Waals surface area contributed by atoms with Gasteiger partial charge < -0.3 is 4.90 Å². The minimum atomic E-state index is -0.536. The van der Waals surface area contributed by atoms with Crippen LogP contribution in [-0.2, 0) is 5.41 Å². The van der Waals surface area contributed by atoms with Crippen molar-refractivity contribution in [3.8, 4) is 6.07 Å². The molecule has 2 fully saturated rings. The van der Waals surface area contributed by atoms with E-state index in [9.17, 15) is 5.26 Å². The number of benzene rings is 2. The number of nitriles is 1. The van der Waals surface area contributed by atoms with Gasteiger partial charge in [0, 0.05) is 6.04 Å². The Hall–Kier alpha value is -2.11. The van der Waals surface area contributed by atoms with Gasteiger partial charge in [0.05, 0.1) is 6.07 Å². The van der Waals surface area contributed by atoms with Crippen molar-refractivity contribution in [1.29, 1.82) is 5.26 Å². The fourth-order valence-corrected chi connectivity index (χ4v) is 4.80. The van der Waals surface area contributed by atoms with Gasteiger partial charge in [0.1, 0.15) is 5.41 Å². The Labute approximate surface area is 144 Å². The predicted octanol–water partition coefficient (Wildman–Crippen LogP) is 4.37. The Morgan fingerprint density at radius 1 is 0.917 bits per heavy atom. The smallest absolute Gasteiger partial charge is 0.107 e. The Kier molecular flexibility index (Phi) is 4.12. The van der Waals surface area contributed by atoms with Crippen molar-refractivity contribution in [2.24, 2.45) is 5.92 Å². The molecule has 1 atom stereocenters. The molecule has 2 aromatic rings. The third-order valence-electron chi connectivity index (χ3n) is 6.13. The molecule has 2 aliphatic rings. The van der Waals surface area contributed by atoms with E-state index in [1.807, 2.05) is 36.4 Å². The molecule has 0 radical (unpaired) electrons. The SMILES string of the molecule is N#CC(CCC1C2CCN1CC2)(c1ccccc1)c1ccccc1. The Morgan fingerprint density at radius 3 is 1.88 bits per heavy atom. The van der Waals surface area contributed by atoms with Gasteiger partial charge in [0.25, 0.3) is 0 Å². The summed E-state index contributed by atoms with van der Waals surface area (Å²) in [6, 6.07) is 24.1. The van der Waals surface area contributed by atoms with Gasteiger partial charge in [-0.2, -0.15) is 5.26 Å². The van der Waals surface area contributed by atoms with Crippen molar-refractivity contribution in [2.45, 2.75) is 37.1 Å². The highest BCUT2D eigenvalue weighted by Gasteiger charge is 2.42. The molecule has 24 heavy (non-hydrogen) atoms. The molecule has 122 valence electrons. The lowest BCUT2D eigenvalue weighted by atomic mass is 9.71. The molecule has 2 heteroatoms. The molecular weight excluding hydrogens is 292 g/mol. The van der Waals surface area contributed by atoms with Crippen LogP contribution >= 0.6 is 0 Å². The maximum atomic E-state index is 10.2. The quantitative estimate of drug-likeness (QED) is 0.819. The fraction of sp³-hybridized carbons (Fsp3) is 0.409. The van der Waals surface area contributed by atoms with Crippen LogP contribution in [0.3, 0.4) is 0 Å². The zero-order chi connectivity index (χ0) is 16.4. The molecule has 0 saturated carbocycles. The minimum Gasteiger partial charge on any atom is -0.300 e. The summed E-state index contributed by atoms with van der Waals surface area (Å²) in [5.41, 5.74) is 1.71. The van der Waals surface area contributed by atoms with Gasteiger partial charge in [-0.05, 0) is 55.8 Å². The number of nitrogens with zero attached hydrogens (tertiary/aromatic N) is 2. The van der Waals surface area contributed by atoms with Crippen LogP contribution in [0.2, 0.25) is 0 Å². The molecule has 2 heterocycles. The van der Waals surface area contributed by atoms with E-state index in [0.717, 1.165) is 29.9 Å². The number of fused-ring (bicyclic) bond motifs is 2. The van der Waals surface area contributed by atoms with Gasteiger partial charge >= 0.3 is 0 Å². The first-order chi connectivity index (χ1) is 11.8. The summed E-state index contributed by atoms with van der Waals surface area (Å²) in [4.78, 5) is 2.64. The largest absolute Gasteiger partial charge is 0.300 e. The van der Waals surface area contributed by atoms with Crippen molar-refractivity contribution < 1.29 is 0 Å². The van der Waals surface area contributed by atoms with Gasteiger partial charge in [-0.1, -0.05) is 60.7 Å². The summed E-state index contributed by atoms with van der Waals surface area (Å²) in [6.07, 6.45) is 4.71. The summed E-state index contributed by atoms with van der Waals surface area (Å²) < 4.78 is 0. The average molecular weight is 316 g/mol. The van der Waals surface area contributed by atoms with Crippen LogP contribution in [0.1, 0.15) is 36.8 Å². The van der Waals surface area contributed by atoms with Gasteiger partial charge in [-0.15, -0.1) is 0 Å². The summed E-state index contributed by atoms with van der Waals surface area (Å²) in [6.45, 7) is 2.51. The lowest BCUT2D eigenvalue weighted by Crippen LogP contribution is -2.31. The van der Waals surface area contributed by atoms with E-state index in [2.05, 4.69) is 35.2 Å². The molecule has 2 saturated heterocycles. The molecule has 0 aromatic heterocycles. The second-order valence-electron chi connectivity index (χ2n) is 7.23. The van der Waals surface area contributed by atoms with E-state index >= 15 is 0 Å². The molecule has 2 aromatic carbocycles. The second kappa shape index (κ2) is 6.42. The molecule has 0 N–H and O–H groups in total. The van der Waals surface area contributed by atoms with Crippen LogP contribution < -0.4 is 0 Å². The molecule has 2 bridgehead atoms. The summed E-state index contributed by atoms with van der Waals surface area (Å²) in [5, 5.41) is 10.2. The van der Waals surface area contributed by atoms with E-state index in [1.165, 1.54) is 25.9 Å². The van der Waals surface area contributed by atoms with Crippen molar-refractivity contribution >= 4 is 0 Å². The van der Waals surface area contributed by atoms with Gasteiger partial charge in [0.15, 0.2) is 0 Å². The molecule has 2 nitrogen and oxygen atoms in total. The van der Waals surface area contributed by atoms with E-state index in [4.69, 9.17) is 0 Å². The third-order valence-corrected chi connectivity index (χ3v) is 6.13. The van der Waals surface area contributed by atoms with Crippen LogP contribution in [0.15, 0.2) is 60.7 Å². The molecule has 4 rings (SSSR count). The highest BCUT2D eigenvalue weighted by atomic mass is 15.2. The van der Waals surface area contributed by atoms with Crippen LogP contribution in [0.4, 0.5) is 0 Å². The number of rotatable bonds is 5. The highest BCUT2D eigenvalue weighted by molar-refractivity contribution is 5.45. The summed E-state index contributed by atoms with van der Waals surface area (Å²) in [7, 11) is 0. The molecular formula is C22H24N2. The predicted molar refractivity (Wildman–Crippen MR) is 96.6 cm³/mol. The molecule has 2 aliphatic heterocycles. The van der Waals surface area contributed by atoms with E-state index in [1.54, 1.807) is 0 Å². The molecule has 0 spiro atoms. The zero-order valence-corrected chi connectivity index (χ0v) is 14.1. The van der Waals surface area contributed by atoms with Crippen LogP contribution in [0, 0.1) is 17.2 Å². The van der Waals surface area contributed by atoms with E-state index in [-0.39, 0.29) is 0 Å². The van der Waals surface area contributed by atoms with Crippen molar-refractivity contribution in [2.75, 3.05) is 13.1 Å². The van der Waals surface area contributed by atoms with Crippen molar-refractivity contribution in [3.05, 3.63) is 71.8 Å². The van der Waals surface area contributed by atoms with Gasteiger partial charge in [-0.3, -0.25) is 0 Å². The van der Waals surface area contributed by atoms with E-state index < -0.39 is 5.41 Å². The lowest BCUT2D eigenvalue weighted by molar-refractivity contribution is 0.276. The first-order valence-electron chi connectivity index (χ1n) is 9.10. The van der Waals surface area contributed by atoms with Gasteiger partial charge in [0.2, 0.25) is 0 Å². The Morgan fingerprint density at radius 2 is 1.46 bits per heavy atom. The highest BCUT2D eigenvalue weighted by Crippen LogP contribution is 2.42. The fourth-order valence-electron chi connectivity index (χ4n) is 4.80. The monoisotopic (exact) mass is 316 g/mol. The van der Waals surface area contributed by atoms with Gasteiger partial charge in [-0.25, -0.2) is 0 Å². The number of hydrogen-bond acceptors (Lipinski definition) is 2. The Bertz CT molecular complexity index is 657. The second-order valence-corrected chi connectivity index (χ2v) is 7.23. The van der Waals surface area contributed by atoms with E-state index in [0.29, 0.717) is 6.04 Å². The standard InChI is InChI=1S/C22H24N2/c23-17-22(19-7-3-1-4-8-19,20-9-5-2-6-10-20)14-11-21-18-12-15-24(21)16-13-18/h1-10,18,21H,11-16H2. The average Bonchev–Trinajstić information content (AvgIpc) is 3.24. The molecule has 0 aliphatic carbocycles. The molecule has 1 unspecified atom stereocenters. The normalized spacial score (nSPS) is 25.5. The van der Waals surface area contributed by atoms with Crippen LogP contribution in [0.5, 0.6) is 0 Å². The summed E-state index contributed by atoms with van der Waals surface area (Å²) >= 11 is 0. The number of hydrogen-bond donors (Lipinski definition) is 0. The van der Waals surface area contributed by atoms with Crippen LogP contribution in [-0.4, -0.2) is 24.0 Å². The first kappa shape index (κ1) is 15.4.